The number of guanidine groups is 1. The number of nitrogens with zero attached hydrogens (tertiary/aromatic N) is 1. The molecule has 0 saturated carbocycles. The Kier molecular flexibility index (Phi) is 4.14. The van der Waals surface area contributed by atoms with E-state index in [9.17, 15) is 0 Å². The van der Waals surface area contributed by atoms with Crippen molar-refractivity contribution in [3.05, 3.63) is 83.8 Å². The van der Waals surface area contributed by atoms with Crippen LogP contribution < -0.4 is 16.4 Å². The lowest BCUT2D eigenvalue weighted by Crippen LogP contribution is -2.61. The average Bonchev–Trinajstić information content (AvgIpc) is 3.30. The highest BCUT2D eigenvalue weighted by molar-refractivity contribution is 5.84. The van der Waals surface area contributed by atoms with E-state index in [-0.39, 0.29) is 0 Å². The maximum atomic E-state index is 6.62. The summed E-state index contributed by atoms with van der Waals surface area (Å²) in [6.45, 7) is 2.64. The third-order valence-electron chi connectivity index (χ3n) is 5.31. The van der Waals surface area contributed by atoms with Crippen LogP contribution in [0.4, 0.5) is 0 Å². The summed E-state index contributed by atoms with van der Waals surface area (Å²) in [6.07, 6.45) is 6.43. The number of aliphatic imine (C=N–C) groups is 1. The van der Waals surface area contributed by atoms with Gasteiger partial charge >= 0.3 is 0 Å². The molecule has 0 bridgehead atoms. The molecule has 1 atom stereocenters. The van der Waals surface area contributed by atoms with Crippen LogP contribution in [0.1, 0.15) is 16.8 Å². The fourth-order valence-electron chi connectivity index (χ4n) is 3.90. The fraction of sp³-hybridized carbons (Fsp3) is 0.174. The predicted octanol–water partition coefficient (Wildman–Crippen LogP) is 3.42. The van der Waals surface area contributed by atoms with Crippen molar-refractivity contribution < 1.29 is 0 Å². The average molecular weight is 384 g/mol. The van der Waals surface area contributed by atoms with Crippen LogP contribution in [-0.2, 0) is 13.0 Å². The molecule has 1 aliphatic rings. The molecule has 1 unspecified atom stereocenters. The molecule has 0 spiro atoms. The summed E-state index contributed by atoms with van der Waals surface area (Å²) in [4.78, 5) is 11.3. The maximum Gasteiger partial charge on any atom is 0.197 e. The van der Waals surface area contributed by atoms with E-state index in [1.165, 1.54) is 16.3 Å². The van der Waals surface area contributed by atoms with E-state index in [4.69, 9.17) is 10.7 Å². The summed E-state index contributed by atoms with van der Waals surface area (Å²) in [5.74, 6) is 0.683. The number of hydrogen-bond acceptors (Lipinski definition) is 2. The summed E-state index contributed by atoms with van der Waals surface area (Å²) >= 11 is 0. The van der Waals surface area contributed by atoms with Gasteiger partial charge in [0, 0.05) is 35.5 Å². The largest absolute Gasteiger partial charge is 0.361 e. The highest BCUT2D eigenvalue weighted by Crippen LogP contribution is 2.19. The molecule has 6 nitrogen and oxygen atoms in total. The number of aryl methyl sites for hydroxylation is 1. The number of nitrogens with two attached hydrogens (primary N) is 1. The molecule has 2 aromatic heterocycles. The second-order valence-electron chi connectivity index (χ2n) is 7.76. The first-order chi connectivity index (χ1) is 14.1. The number of aromatic nitrogens is 2. The van der Waals surface area contributed by atoms with Crippen molar-refractivity contribution in [2.24, 2.45) is 10.7 Å². The highest BCUT2D eigenvalue weighted by Gasteiger charge is 2.26. The monoisotopic (exact) mass is 384 g/mol. The topological polar surface area (TPSA) is 94.0 Å². The predicted molar refractivity (Wildman–Crippen MR) is 119 cm³/mol. The van der Waals surface area contributed by atoms with Gasteiger partial charge < -0.3 is 26.3 Å². The van der Waals surface area contributed by atoms with Crippen LogP contribution in [-0.4, -0.2) is 21.6 Å². The Labute approximate surface area is 168 Å². The van der Waals surface area contributed by atoms with Crippen molar-refractivity contribution >= 4 is 27.8 Å². The van der Waals surface area contributed by atoms with Crippen LogP contribution in [0.5, 0.6) is 0 Å². The maximum absolute atomic E-state index is 6.62. The smallest absolute Gasteiger partial charge is 0.197 e. The molecule has 2 aromatic carbocycles. The molecule has 5 rings (SSSR count). The van der Waals surface area contributed by atoms with Gasteiger partial charge in [-0.3, -0.25) is 0 Å². The van der Waals surface area contributed by atoms with Gasteiger partial charge in [-0.25, -0.2) is 4.99 Å². The Morgan fingerprint density at radius 2 is 1.79 bits per heavy atom. The standard InChI is InChI=1S/C23H24N6/c1-15-10-19-12-17(3-5-21(19)28-15)14-27-22-26-9-7-23(24,29-22)13-16-2-4-20-18(11-16)6-8-25-20/h2-12,25,28H,13-14,24H2,1H3,(H2,26,27,29). The van der Waals surface area contributed by atoms with Gasteiger partial charge in [-0.1, -0.05) is 12.1 Å². The lowest BCUT2D eigenvalue weighted by molar-refractivity contribution is 0.472. The first kappa shape index (κ1) is 17.6. The molecular weight excluding hydrogens is 360 g/mol. The van der Waals surface area contributed by atoms with E-state index in [0.717, 1.165) is 22.3 Å². The fourth-order valence-corrected chi connectivity index (χ4v) is 3.90. The number of nitrogens with one attached hydrogen (secondary N) is 4. The normalized spacial score (nSPS) is 20.3. The van der Waals surface area contributed by atoms with Crippen molar-refractivity contribution in [1.29, 1.82) is 0 Å². The van der Waals surface area contributed by atoms with Gasteiger partial charge in [-0.05, 0) is 71.3 Å². The van der Waals surface area contributed by atoms with E-state index in [1.807, 2.05) is 18.5 Å². The van der Waals surface area contributed by atoms with Gasteiger partial charge in [-0.2, -0.15) is 0 Å². The lowest BCUT2D eigenvalue weighted by Gasteiger charge is -2.32. The van der Waals surface area contributed by atoms with Crippen molar-refractivity contribution in [3.8, 4) is 0 Å². The molecule has 0 radical (unpaired) electrons. The van der Waals surface area contributed by atoms with Crippen LogP contribution in [0.15, 0.2) is 72.0 Å². The summed E-state index contributed by atoms with van der Waals surface area (Å²) in [7, 11) is 0. The van der Waals surface area contributed by atoms with Crippen LogP contribution in [0.2, 0.25) is 0 Å². The molecule has 146 valence electrons. The molecule has 6 heteroatoms. The van der Waals surface area contributed by atoms with Crippen molar-refractivity contribution in [3.63, 3.8) is 0 Å². The minimum atomic E-state index is -0.685. The summed E-state index contributed by atoms with van der Waals surface area (Å²) < 4.78 is 0. The van der Waals surface area contributed by atoms with E-state index >= 15 is 0 Å². The third-order valence-corrected chi connectivity index (χ3v) is 5.31. The van der Waals surface area contributed by atoms with Crippen molar-refractivity contribution in [1.82, 2.24) is 20.6 Å². The van der Waals surface area contributed by atoms with Gasteiger partial charge in [-0.15, -0.1) is 0 Å². The number of H-pyrrole nitrogens is 2. The summed E-state index contributed by atoms with van der Waals surface area (Å²) in [5.41, 5.74) is 11.7. The van der Waals surface area contributed by atoms with Crippen LogP contribution in [0, 0.1) is 6.92 Å². The molecule has 0 aliphatic carbocycles. The zero-order valence-electron chi connectivity index (χ0n) is 16.3. The molecule has 0 fully saturated rings. The molecule has 3 heterocycles. The van der Waals surface area contributed by atoms with Crippen LogP contribution in [0.3, 0.4) is 0 Å². The Morgan fingerprint density at radius 3 is 2.72 bits per heavy atom. The Hall–Kier alpha value is -3.51. The molecule has 1 aliphatic heterocycles. The summed E-state index contributed by atoms with van der Waals surface area (Å²) in [6, 6.07) is 17.0. The summed E-state index contributed by atoms with van der Waals surface area (Å²) in [5, 5.41) is 8.91. The molecule has 0 amide bonds. The van der Waals surface area contributed by atoms with E-state index in [0.29, 0.717) is 18.9 Å². The van der Waals surface area contributed by atoms with E-state index in [2.05, 4.69) is 76.1 Å². The zero-order chi connectivity index (χ0) is 19.8. The van der Waals surface area contributed by atoms with E-state index < -0.39 is 5.66 Å². The Bertz CT molecular complexity index is 1240. The second kappa shape index (κ2) is 6.83. The molecular formula is C23H24N6. The minimum absolute atomic E-state index is 0.578. The lowest BCUT2D eigenvalue weighted by atomic mass is 9.98. The number of aromatic amines is 2. The van der Waals surface area contributed by atoms with Gasteiger partial charge in [0.05, 0.1) is 6.54 Å². The van der Waals surface area contributed by atoms with Crippen molar-refractivity contribution in [2.45, 2.75) is 25.6 Å². The number of rotatable bonds is 4. The SMILES string of the molecule is Cc1cc2cc(CN=C3NC=CC(N)(Cc4ccc5[nH]ccc5c4)N3)ccc2[nH]1. The first-order valence-electron chi connectivity index (χ1n) is 9.76. The third kappa shape index (κ3) is 3.62. The zero-order valence-corrected chi connectivity index (χ0v) is 16.3. The van der Waals surface area contributed by atoms with E-state index in [1.54, 1.807) is 0 Å². The first-order valence-corrected chi connectivity index (χ1v) is 9.76. The highest BCUT2D eigenvalue weighted by atomic mass is 15.3. The van der Waals surface area contributed by atoms with Crippen LogP contribution >= 0.6 is 0 Å². The number of fused-ring (bicyclic) bond motifs is 2. The Balaban J connectivity index is 1.31. The molecule has 0 saturated heterocycles. The van der Waals surface area contributed by atoms with Gasteiger partial charge in [0.2, 0.25) is 0 Å². The Morgan fingerprint density at radius 1 is 0.966 bits per heavy atom. The van der Waals surface area contributed by atoms with Gasteiger partial charge in [0.15, 0.2) is 5.96 Å². The second-order valence-corrected chi connectivity index (χ2v) is 7.76. The minimum Gasteiger partial charge on any atom is -0.361 e. The van der Waals surface area contributed by atoms with Crippen molar-refractivity contribution in [2.75, 3.05) is 0 Å². The quantitative estimate of drug-likeness (QED) is 0.373. The number of benzene rings is 2. The van der Waals surface area contributed by atoms with Gasteiger partial charge in [0.1, 0.15) is 5.66 Å². The van der Waals surface area contributed by atoms with Gasteiger partial charge in [0.25, 0.3) is 0 Å². The van der Waals surface area contributed by atoms with Crippen LogP contribution in [0.25, 0.3) is 21.8 Å². The number of hydrogen-bond donors (Lipinski definition) is 5. The molecule has 6 N–H and O–H groups in total. The molecule has 4 aromatic rings. The molecule has 29 heavy (non-hydrogen) atoms.